The molecule has 1 aliphatic rings. The number of likely N-dealkylation sites (N-methyl/N-ethyl adjacent to an activating group) is 1. The van der Waals surface area contributed by atoms with Crippen LogP contribution in [0.15, 0.2) is 28.7 Å². The van der Waals surface area contributed by atoms with E-state index >= 15 is 0 Å². The maximum absolute atomic E-state index is 12.3. The SMILES string of the molecule is CN(Cc1ccccc1Br)C(=O)CN1CCOCC1CO. The van der Waals surface area contributed by atoms with Crippen molar-refractivity contribution in [2.75, 3.05) is 40.0 Å². The highest BCUT2D eigenvalue weighted by Crippen LogP contribution is 2.17. The number of aliphatic hydroxyl groups excluding tert-OH is 1. The van der Waals surface area contributed by atoms with Gasteiger partial charge in [0.05, 0.1) is 32.4 Å². The number of carbonyl (C=O) groups is 1. The topological polar surface area (TPSA) is 53.0 Å². The van der Waals surface area contributed by atoms with Crippen LogP contribution in [-0.4, -0.2) is 66.8 Å². The molecule has 1 aromatic carbocycles. The fraction of sp³-hybridized carbons (Fsp3) is 0.533. The zero-order valence-electron chi connectivity index (χ0n) is 12.2. The standard InChI is InChI=1S/C15H21BrN2O3/c1-17(8-12-4-2-3-5-14(12)16)15(20)9-18-6-7-21-11-13(18)10-19/h2-5,13,19H,6-11H2,1H3. The summed E-state index contributed by atoms with van der Waals surface area (Å²) in [6.07, 6.45) is 0. The van der Waals surface area contributed by atoms with Gasteiger partial charge in [0, 0.05) is 24.6 Å². The maximum atomic E-state index is 12.3. The van der Waals surface area contributed by atoms with E-state index in [4.69, 9.17) is 4.74 Å². The third-order valence-corrected chi connectivity index (χ3v) is 4.46. The van der Waals surface area contributed by atoms with Gasteiger partial charge in [-0.2, -0.15) is 0 Å². The molecule has 1 aromatic rings. The number of morpholine rings is 1. The molecule has 0 aromatic heterocycles. The lowest BCUT2D eigenvalue weighted by Gasteiger charge is -2.34. The normalized spacial score (nSPS) is 19.5. The quantitative estimate of drug-likeness (QED) is 0.858. The van der Waals surface area contributed by atoms with Crippen LogP contribution < -0.4 is 0 Å². The van der Waals surface area contributed by atoms with Gasteiger partial charge in [-0.15, -0.1) is 0 Å². The van der Waals surface area contributed by atoms with Crippen molar-refractivity contribution >= 4 is 21.8 Å². The van der Waals surface area contributed by atoms with Gasteiger partial charge in [-0.3, -0.25) is 9.69 Å². The van der Waals surface area contributed by atoms with Crippen molar-refractivity contribution in [3.8, 4) is 0 Å². The Hall–Kier alpha value is -0.950. The number of nitrogens with zero attached hydrogens (tertiary/aromatic N) is 2. The minimum Gasteiger partial charge on any atom is -0.395 e. The first-order valence-corrected chi connectivity index (χ1v) is 7.81. The smallest absolute Gasteiger partial charge is 0.236 e. The minimum atomic E-state index is -0.0837. The number of ether oxygens (including phenoxy) is 1. The number of halogens is 1. The number of hydrogen-bond acceptors (Lipinski definition) is 4. The van der Waals surface area contributed by atoms with Crippen molar-refractivity contribution in [3.63, 3.8) is 0 Å². The predicted octanol–water partition coefficient (Wildman–Crippen LogP) is 1.10. The lowest BCUT2D eigenvalue weighted by Crippen LogP contribution is -2.51. The molecule has 0 radical (unpaired) electrons. The van der Waals surface area contributed by atoms with E-state index in [9.17, 15) is 9.90 Å². The second-order valence-corrected chi connectivity index (χ2v) is 6.08. The Morgan fingerprint density at radius 2 is 2.29 bits per heavy atom. The lowest BCUT2D eigenvalue weighted by molar-refractivity contribution is -0.134. The van der Waals surface area contributed by atoms with Gasteiger partial charge in [0.15, 0.2) is 0 Å². The van der Waals surface area contributed by atoms with Crippen molar-refractivity contribution in [2.24, 2.45) is 0 Å². The largest absolute Gasteiger partial charge is 0.395 e. The highest BCUT2D eigenvalue weighted by atomic mass is 79.9. The Morgan fingerprint density at radius 3 is 3.00 bits per heavy atom. The van der Waals surface area contributed by atoms with Crippen molar-refractivity contribution < 1.29 is 14.6 Å². The summed E-state index contributed by atoms with van der Waals surface area (Å²) in [4.78, 5) is 16.0. The molecule has 2 rings (SSSR count). The molecule has 0 saturated carbocycles. The van der Waals surface area contributed by atoms with Crippen LogP contribution in [0.4, 0.5) is 0 Å². The molecular weight excluding hydrogens is 336 g/mol. The molecular formula is C15H21BrN2O3. The van der Waals surface area contributed by atoms with Crippen LogP contribution in [0, 0.1) is 0 Å². The molecule has 1 atom stereocenters. The second kappa shape index (κ2) is 7.89. The molecule has 0 aliphatic carbocycles. The van der Waals surface area contributed by atoms with Crippen LogP contribution in [-0.2, 0) is 16.1 Å². The van der Waals surface area contributed by atoms with E-state index in [0.717, 1.165) is 10.0 Å². The van der Waals surface area contributed by atoms with Crippen LogP contribution >= 0.6 is 15.9 Å². The molecule has 0 bridgehead atoms. The molecule has 1 N–H and O–H groups in total. The van der Waals surface area contributed by atoms with Gasteiger partial charge in [-0.25, -0.2) is 0 Å². The zero-order valence-corrected chi connectivity index (χ0v) is 13.8. The monoisotopic (exact) mass is 356 g/mol. The highest BCUT2D eigenvalue weighted by molar-refractivity contribution is 9.10. The molecule has 0 spiro atoms. The number of hydrogen-bond donors (Lipinski definition) is 1. The van der Waals surface area contributed by atoms with E-state index in [2.05, 4.69) is 15.9 Å². The third-order valence-electron chi connectivity index (χ3n) is 3.69. The molecule has 116 valence electrons. The van der Waals surface area contributed by atoms with Crippen molar-refractivity contribution in [2.45, 2.75) is 12.6 Å². The Labute approximate surface area is 133 Å². The number of carbonyl (C=O) groups excluding carboxylic acids is 1. The Bertz CT molecular complexity index is 484. The van der Waals surface area contributed by atoms with Gasteiger partial charge >= 0.3 is 0 Å². The van der Waals surface area contributed by atoms with Gasteiger partial charge in [0.25, 0.3) is 0 Å². The van der Waals surface area contributed by atoms with E-state index in [0.29, 0.717) is 32.8 Å². The number of rotatable bonds is 5. The summed E-state index contributed by atoms with van der Waals surface area (Å²) >= 11 is 3.50. The molecule has 1 fully saturated rings. The molecule has 6 heteroatoms. The molecule has 1 heterocycles. The molecule has 21 heavy (non-hydrogen) atoms. The van der Waals surface area contributed by atoms with E-state index in [1.165, 1.54) is 0 Å². The first-order valence-electron chi connectivity index (χ1n) is 7.02. The van der Waals surface area contributed by atoms with Crippen LogP contribution in [0.3, 0.4) is 0 Å². The molecule has 1 aliphatic heterocycles. The summed E-state index contributed by atoms with van der Waals surface area (Å²) in [5, 5.41) is 9.33. The maximum Gasteiger partial charge on any atom is 0.236 e. The summed E-state index contributed by atoms with van der Waals surface area (Å²) in [6, 6.07) is 7.80. The first-order chi connectivity index (χ1) is 10.1. The second-order valence-electron chi connectivity index (χ2n) is 5.22. The summed E-state index contributed by atoms with van der Waals surface area (Å²) in [5.41, 5.74) is 1.08. The van der Waals surface area contributed by atoms with Crippen LogP contribution in [0.25, 0.3) is 0 Å². The average Bonchev–Trinajstić information content (AvgIpc) is 2.50. The van der Waals surface area contributed by atoms with E-state index < -0.39 is 0 Å². The fourth-order valence-corrected chi connectivity index (χ4v) is 2.74. The van der Waals surface area contributed by atoms with Crippen LogP contribution in [0.1, 0.15) is 5.56 Å². The van der Waals surface area contributed by atoms with E-state index in [1.54, 1.807) is 11.9 Å². The Morgan fingerprint density at radius 1 is 1.52 bits per heavy atom. The summed E-state index contributed by atoms with van der Waals surface area (Å²) < 4.78 is 6.33. The van der Waals surface area contributed by atoms with Gasteiger partial charge in [-0.05, 0) is 11.6 Å². The van der Waals surface area contributed by atoms with Crippen molar-refractivity contribution in [1.29, 1.82) is 0 Å². The summed E-state index contributed by atoms with van der Waals surface area (Å²) in [7, 11) is 1.80. The van der Waals surface area contributed by atoms with Gasteiger partial charge < -0.3 is 14.7 Å². The average molecular weight is 357 g/mol. The van der Waals surface area contributed by atoms with Gasteiger partial charge in [-0.1, -0.05) is 34.1 Å². The number of amides is 1. The Balaban J connectivity index is 1.91. The number of aliphatic hydroxyl groups is 1. The third kappa shape index (κ3) is 4.51. The molecule has 1 unspecified atom stereocenters. The highest BCUT2D eigenvalue weighted by Gasteiger charge is 2.25. The summed E-state index contributed by atoms with van der Waals surface area (Å²) in [5.74, 6) is 0.0473. The predicted molar refractivity (Wildman–Crippen MR) is 83.9 cm³/mol. The van der Waals surface area contributed by atoms with E-state index in [-0.39, 0.29) is 18.6 Å². The molecule has 5 nitrogen and oxygen atoms in total. The van der Waals surface area contributed by atoms with Gasteiger partial charge in [0.1, 0.15) is 0 Å². The molecule has 1 saturated heterocycles. The lowest BCUT2D eigenvalue weighted by atomic mass is 10.2. The van der Waals surface area contributed by atoms with E-state index in [1.807, 2.05) is 29.2 Å². The van der Waals surface area contributed by atoms with Crippen molar-refractivity contribution in [3.05, 3.63) is 34.3 Å². The number of benzene rings is 1. The van der Waals surface area contributed by atoms with Crippen LogP contribution in [0.2, 0.25) is 0 Å². The fourth-order valence-electron chi connectivity index (χ4n) is 2.33. The van der Waals surface area contributed by atoms with Crippen LogP contribution in [0.5, 0.6) is 0 Å². The first kappa shape index (κ1) is 16.4. The zero-order chi connectivity index (χ0) is 15.2. The summed E-state index contributed by atoms with van der Waals surface area (Å²) in [6.45, 7) is 2.67. The molecule has 1 amide bonds. The van der Waals surface area contributed by atoms with Crippen molar-refractivity contribution in [1.82, 2.24) is 9.80 Å². The van der Waals surface area contributed by atoms with Gasteiger partial charge in [0.2, 0.25) is 5.91 Å². The minimum absolute atomic E-state index is 0.0151. The Kier molecular flexibility index (Phi) is 6.17.